The number of nitrogens with one attached hydrogen (secondary N) is 2. The number of anilines is 1. The molecule has 1 aliphatic carbocycles. The number of carbonyl (C=O) groups is 2. The molecule has 0 saturated heterocycles. The molecule has 0 unspecified atom stereocenters. The van der Waals surface area contributed by atoms with E-state index in [9.17, 15) is 22.8 Å². The third-order valence-electron chi connectivity index (χ3n) is 4.42. The summed E-state index contributed by atoms with van der Waals surface area (Å²) < 4.78 is 39.7. The van der Waals surface area contributed by atoms with Gasteiger partial charge in [-0.1, -0.05) is 34.7 Å². The maximum absolute atomic E-state index is 13.2. The van der Waals surface area contributed by atoms with Gasteiger partial charge in [-0.3, -0.25) is 14.9 Å². The first kappa shape index (κ1) is 21.5. The van der Waals surface area contributed by atoms with Crippen molar-refractivity contribution in [1.29, 1.82) is 0 Å². The molecule has 1 saturated carbocycles. The summed E-state index contributed by atoms with van der Waals surface area (Å²) in [4.78, 5) is 32.5. The van der Waals surface area contributed by atoms with Gasteiger partial charge in [-0.15, -0.1) is 0 Å². The fourth-order valence-corrected chi connectivity index (χ4v) is 3.69. The summed E-state index contributed by atoms with van der Waals surface area (Å²) in [6, 6.07) is 5.35. The number of nitrogens with zero attached hydrogens (tertiary/aromatic N) is 2. The molecule has 2 amide bonds. The first-order valence-electron chi connectivity index (χ1n) is 8.87. The molecule has 0 radical (unpaired) electrons. The van der Waals surface area contributed by atoms with Gasteiger partial charge in [0.05, 0.1) is 5.56 Å². The van der Waals surface area contributed by atoms with Gasteiger partial charge in [0, 0.05) is 22.6 Å². The molecule has 1 heterocycles. The van der Waals surface area contributed by atoms with Crippen molar-refractivity contribution in [2.45, 2.75) is 36.9 Å². The van der Waals surface area contributed by atoms with Crippen molar-refractivity contribution in [3.05, 3.63) is 52.3 Å². The third kappa shape index (κ3) is 5.43. The summed E-state index contributed by atoms with van der Waals surface area (Å²) in [5.74, 6) is -0.741. The van der Waals surface area contributed by atoms with Crippen molar-refractivity contribution < 1.29 is 22.8 Å². The van der Waals surface area contributed by atoms with Gasteiger partial charge in [0.2, 0.25) is 11.9 Å². The summed E-state index contributed by atoms with van der Waals surface area (Å²) in [6.45, 7) is 1.58. The topological polar surface area (TPSA) is 84.0 Å². The lowest BCUT2D eigenvalue weighted by molar-refractivity contribution is -0.138. The van der Waals surface area contributed by atoms with E-state index in [1.54, 1.807) is 13.0 Å². The normalized spacial score (nSPS) is 13.8. The van der Waals surface area contributed by atoms with Gasteiger partial charge in [-0.2, -0.15) is 13.2 Å². The lowest BCUT2D eigenvalue weighted by atomic mass is 10.0. The van der Waals surface area contributed by atoms with Gasteiger partial charge in [-0.25, -0.2) is 9.97 Å². The molecular formula is C19H18F3IN4O2. The van der Waals surface area contributed by atoms with E-state index in [0.717, 1.165) is 18.9 Å². The second kappa shape index (κ2) is 8.64. The van der Waals surface area contributed by atoms with Gasteiger partial charge >= 0.3 is 6.18 Å². The first-order valence-corrected chi connectivity index (χ1v) is 10.4. The number of hydrogen-bond acceptors (Lipinski definition) is 4. The standard InChI is InChI=1S/C19H18F3IN4O2/c1-10-7-15(26-18(25-10)27-16(28)11-5-6-11)17(29)24-9-12-3-2-4-14(13(12)8-23)19(20,21)22/h2-4,7,11H,5-6,8-9H2,1H3,(H,24,29)(H,25,26,27,28). The minimum absolute atomic E-state index is 0.0339. The lowest BCUT2D eigenvalue weighted by Crippen LogP contribution is -2.26. The van der Waals surface area contributed by atoms with Crippen LogP contribution in [0.5, 0.6) is 0 Å². The minimum atomic E-state index is -4.46. The van der Waals surface area contributed by atoms with Crippen LogP contribution in [-0.4, -0.2) is 21.8 Å². The van der Waals surface area contributed by atoms with Crippen LogP contribution in [0.1, 0.15) is 45.7 Å². The molecule has 0 spiro atoms. The number of benzene rings is 1. The Balaban J connectivity index is 1.74. The number of rotatable bonds is 6. The molecule has 29 heavy (non-hydrogen) atoms. The molecule has 0 atom stereocenters. The van der Waals surface area contributed by atoms with E-state index in [-0.39, 0.29) is 40.0 Å². The summed E-state index contributed by atoms with van der Waals surface area (Å²) in [7, 11) is 0. The van der Waals surface area contributed by atoms with Crippen LogP contribution in [0, 0.1) is 12.8 Å². The summed E-state index contributed by atoms with van der Waals surface area (Å²) in [5.41, 5.74) is 0.337. The Morgan fingerprint density at radius 3 is 2.59 bits per heavy atom. The molecule has 1 fully saturated rings. The molecular weight excluding hydrogens is 500 g/mol. The van der Waals surface area contributed by atoms with E-state index in [0.29, 0.717) is 11.3 Å². The average Bonchev–Trinajstić information content (AvgIpc) is 3.49. The molecule has 3 rings (SSSR count). The number of aryl methyl sites for hydroxylation is 1. The fourth-order valence-electron chi connectivity index (χ4n) is 2.79. The van der Waals surface area contributed by atoms with Crippen molar-refractivity contribution in [3.8, 4) is 0 Å². The summed E-state index contributed by atoms with van der Waals surface area (Å²) >= 11 is 1.87. The van der Waals surface area contributed by atoms with Crippen molar-refractivity contribution in [1.82, 2.24) is 15.3 Å². The second-order valence-electron chi connectivity index (χ2n) is 6.74. The zero-order valence-corrected chi connectivity index (χ0v) is 17.6. The Morgan fingerprint density at radius 2 is 1.97 bits per heavy atom. The molecule has 2 N–H and O–H groups in total. The number of aromatic nitrogens is 2. The van der Waals surface area contributed by atoms with Crippen LogP contribution in [0.4, 0.5) is 19.1 Å². The Labute approximate surface area is 178 Å². The Bertz CT molecular complexity index is 946. The highest BCUT2D eigenvalue weighted by Crippen LogP contribution is 2.34. The Kier molecular flexibility index (Phi) is 6.39. The molecule has 1 aromatic carbocycles. The van der Waals surface area contributed by atoms with Crippen LogP contribution < -0.4 is 10.6 Å². The lowest BCUT2D eigenvalue weighted by Gasteiger charge is -2.16. The van der Waals surface area contributed by atoms with Crippen molar-refractivity contribution >= 4 is 40.4 Å². The molecule has 10 heteroatoms. The van der Waals surface area contributed by atoms with E-state index in [1.807, 2.05) is 22.6 Å². The maximum Gasteiger partial charge on any atom is 0.416 e. The fraction of sp³-hybridized carbons (Fsp3) is 0.368. The minimum Gasteiger partial charge on any atom is -0.347 e. The third-order valence-corrected chi connectivity index (χ3v) is 5.18. The van der Waals surface area contributed by atoms with Gasteiger partial charge in [0.15, 0.2) is 0 Å². The highest BCUT2D eigenvalue weighted by Gasteiger charge is 2.34. The van der Waals surface area contributed by atoms with E-state index in [4.69, 9.17) is 0 Å². The second-order valence-corrected chi connectivity index (χ2v) is 7.50. The van der Waals surface area contributed by atoms with Crippen molar-refractivity contribution in [3.63, 3.8) is 0 Å². The van der Waals surface area contributed by atoms with Gasteiger partial charge < -0.3 is 5.32 Å². The predicted octanol–water partition coefficient (Wildman–Crippen LogP) is 4.02. The van der Waals surface area contributed by atoms with Gasteiger partial charge in [0.1, 0.15) is 5.69 Å². The maximum atomic E-state index is 13.2. The largest absolute Gasteiger partial charge is 0.416 e. The SMILES string of the molecule is Cc1cc(C(=O)NCc2cccc(C(F)(F)F)c2CI)nc(NC(=O)C2CC2)n1. The van der Waals surface area contributed by atoms with Gasteiger partial charge in [-0.05, 0) is 43.0 Å². The monoisotopic (exact) mass is 518 g/mol. The van der Waals surface area contributed by atoms with Crippen LogP contribution in [0.25, 0.3) is 0 Å². The number of hydrogen-bond donors (Lipinski definition) is 2. The Hall–Kier alpha value is -2.24. The van der Waals surface area contributed by atoms with Crippen LogP contribution in [0.2, 0.25) is 0 Å². The number of amides is 2. The van der Waals surface area contributed by atoms with Crippen LogP contribution in [0.15, 0.2) is 24.3 Å². The van der Waals surface area contributed by atoms with Gasteiger partial charge in [0.25, 0.3) is 5.91 Å². The van der Waals surface area contributed by atoms with Crippen molar-refractivity contribution in [2.24, 2.45) is 5.92 Å². The highest BCUT2D eigenvalue weighted by molar-refractivity contribution is 14.1. The zero-order chi connectivity index (χ0) is 21.2. The van der Waals surface area contributed by atoms with E-state index in [2.05, 4.69) is 20.6 Å². The Morgan fingerprint density at radius 1 is 1.24 bits per heavy atom. The molecule has 6 nitrogen and oxygen atoms in total. The number of halogens is 4. The molecule has 154 valence electrons. The average molecular weight is 518 g/mol. The predicted molar refractivity (Wildman–Crippen MR) is 108 cm³/mol. The van der Waals surface area contributed by atoms with Crippen LogP contribution in [-0.2, 0) is 21.9 Å². The highest BCUT2D eigenvalue weighted by atomic mass is 127. The molecule has 0 aliphatic heterocycles. The molecule has 0 bridgehead atoms. The van der Waals surface area contributed by atoms with Crippen LogP contribution >= 0.6 is 22.6 Å². The van der Waals surface area contributed by atoms with Crippen LogP contribution in [0.3, 0.4) is 0 Å². The molecule has 2 aromatic rings. The molecule has 1 aromatic heterocycles. The zero-order valence-electron chi connectivity index (χ0n) is 15.4. The summed E-state index contributed by atoms with van der Waals surface area (Å²) in [5, 5.41) is 5.19. The quantitative estimate of drug-likeness (QED) is 0.447. The summed E-state index contributed by atoms with van der Waals surface area (Å²) in [6.07, 6.45) is -2.82. The smallest absolute Gasteiger partial charge is 0.347 e. The van der Waals surface area contributed by atoms with E-state index in [1.165, 1.54) is 12.1 Å². The molecule has 1 aliphatic rings. The first-order chi connectivity index (χ1) is 13.7. The number of alkyl halides is 4. The van der Waals surface area contributed by atoms with E-state index < -0.39 is 17.6 Å². The van der Waals surface area contributed by atoms with Crippen molar-refractivity contribution in [2.75, 3.05) is 5.32 Å². The van der Waals surface area contributed by atoms with E-state index >= 15 is 0 Å². The number of carbonyl (C=O) groups excluding carboxylic acids is 2.